The normalized spacial score (nSPS) is 21.3. The Labute approximate surface area is 506 Å². The molecule has 3 saturated heterocycles. The zero-order valence-electron chi connectivity index (χ0n) is 43.7. The first-order valence-corrected chi connectivity index (χ1v) is 28.9. The van der Waals surface area contributed by atoms with Crippen molar-refractivity contribution < 1.29 is 85.3 Å². The first-order chi connectivity index (χ1) is 36.3. The summed E-state index contributed by atoms with van der Waals surface area (Å²) in [6, 6.07) is 8.25. The number of hydrogen-bond acceptors (Lipinski definition) is 17. The van der Waals surface area contributed by atoms with E-state index in [1.807, 2.05) is 57.5 Å². The Morgan fingerprint density at radius 3 is 1.38 bits per heavy atom. The zero-order chi connectivity index (χ0) is 54.0. The number of hydroxylamine groups is 6. The van der Waals surface area contributed by atoms with E-state index in [0.717, 1.165) is 82.7 Å². The largest absolute Gasteiger partial charge is 0.462 e. The summed E-state index contributed by atoms with van der Waals surface area (Å²) >= 11 is 18.9. The van der Waals surface area contributed by atoms with Crippen molar-refractivity contribution in [1.29, 1.82) is 0 Å². The standard InChI is InChI=1S/C23H22N2O4S2.2C11H13NO3S2.2C5H10.Fe.Ru/c1-5-27-29-25-22(26)21(31-23(25)30)18-14-16(2)28-20(15-18)9-7-6-8-17-10-12-19(13-11-17)24(3)4;2*1-2-14-15-12-10(13)9(17-11(12)16)7-8-5-3-4-6-8;2*1-2-4-5-3-1;;/h5-15H,1H2,2-4H3;2*2,7-8H,1,3-6H2;2*1-5H2;;/b8-6+,9-7+,21-18+;2*9-7+;;;;. The molecule has 0 unspecified atom stereocenters. The van der Waals surface area contributed by atoms with Crippen LogP contribution in [-0.2, 0) is 85.3 Å². The Hall–Kier alpha value is -3.63. The third-order valence-electron chi connectivity index (χ3n) is 12.1. The summed E-state index contributed by atoms with van der Waals surface area (Å²) in [6.07, 6.45) is 43.0. The van der Waals surface area contributed by atoms with Crippen molar-refractivity contribution in [2.45, 2.75) is 122 Å². The molecule has 0 atom stereocenters. The van der Waals surface area contributed by atoms with E-state index in [-0.39, 0.29) is 52.7 Å². The van der Waals surface area contributed by atoms with E-state index >= 15 is 0 Å². The van der Waals surface area contributed by atoms with E-state index in [4.69, 9.17) is 56.4 Å². The molecule has 4 aliphatic carbocycles. The molecule has 4 heterocycles. The maximum atomic E-state index is 12.6. The van der Waals surface area contributed by atoms with E-state index in [1.165, 1.54) is 113 Å². The Balaban J connectivity index is 0.000000288. The Morgan fingerprint density at radius 2 is 0.974 bits per heavy atom. The molecule has 0 radical (unpaired) electrons. The molecule has 77 heavy (non-hydrogen) atoms. The molecule has 4 aliphatic heterocycles. The summed E-state index contributed by atoms with van der Waals surface area (Å²) in [5.41, 5.74) is 2.93. The van der Waals surface area contributed by atoms with Gasteiger partial charge >= 0.3 is 0 Å². The minimum atomic E-state index is -0.404. The number of carbonyl (C=O) groups excluding carboxylic acids is 3. The summed E-state index contributed by atoms with van der Waals surface area (Å²) in [6.45, 7) is 11.8. The van der Waals surface area contributed by atoms with Gasteiger partial charge in [0.1, 0.15) is 30.3 Å². The summed E-state index contributed by atoms with van der Waals surface area (Å²) in [4.78, 5) is 68.2. The van der Waals surface area contributed by atoms with Gasteiger partial charge in [0.15, 0.2) is 13.0 Å². The first kappa shape index (κ1) is 67.6. The van der Waals surface area contributed by atoms with Gasteiger partial charge in [-0.3, -0.25) is 14.4 Å². The van der Waals surface area contributed by atoms with Gasteiger partial charge in [0.05, 0.1) is 14.7 Å². The number of hydrogen-bond donors (Lipinski definition) is 0. The molecule has 0 spiro atoms. The number of carbonyl (C=O) groups is 3. The quantitative estimate of drug-likeness (QED) is 0.0314. The number of rotatable bonds is 15. The average Bonchev–Trinajstić information content (AvgIpc) is 4.28. The second-order valence-corrected chi connectivity index (χ2v) is 23.0. The summed E-state index contributed by atoms with van der Waals surface area (Å²) < 4.78 is 6.68. The van der Waals surface area contributed by atoms with Crippen molar-refractivity contribution in [2.24, 2.45) is 11.8 Å². The van der Waals surface area contributed by atoms with Gasteiger partial charge in [-0.05, 0) is 117 Å². The molecule has 1 aromatic rings. The van der Waals surface area contributed by atoms with Crippen LogP contribution < -0.4 is 4.90 Å². The molecule has 8 aliphatic rings. The molecule has 0 aromatic heterocycles. The summed E-state index contributed by atoms with van der Waals surface area (Å²) in [5, 5.41) is 2.86. The molecule has 420 valence electrons. The van der Waals surface area contributed by atoms with Gasteiger partial charge in [0.25, 0.3) is 17.7 Å². The van der Waals surface area contributed by atoms with Gasteiger partial charge < -0.3 is 24.3 Å². The van der Waals surface area contributed by atoms with E-state index in [2.05, 4.69) is 63.6 Å². The van der Waals surface area contributed by atoms with E-state index < -0.39 is 5.91 Å². The smallest absolute Gasteiger partial charge is 0.294 e. The number of amides is 3. The average molecular weight is 1290 g/mol. The fourth-order valence-corrected chi connectivity index (χ4v) is 11.9. The Kier molecular flexibility index (Phi) is 32.8. The third-order valence-corrected chi connectivity index (χ3v) is 16.1. The molecule has 22 heteroatoms. The fraction of sp³-hybridized carbons (Fsp3) is 0.418. The number of nitrogens with zero attached hydrogens (tertiary/aromatic N) is 4. The van der Waals surface area contributed by atoms with Gasteiger partial charge in [0.2, 0.25) is 0 Å². The van der Waals surface area contributed by atoms with Crippen molar-refractivity contribution >= 4 is 114 Å². The van der Waals surface area contributed by atoms with Gasteiger partial charge in [-0.2, -0.15) is 0 Å². The number of allylic oxidation sites excluding steroid dienone is 9. The van der Waals surface area contributed by atoms with Crippen LogP contribution in [0, 0.1) is 11.8 Å². The van der Waals surface area contributed by atoms with Crippen LogP contribution in [0.1, 0.15) is 128 Å². The van der Waals surface area contributed by atoms with Crippen LogP contribution in [0.5, 0.6) is 0 Å². The van der Waals surface area contributed by atoms with Crippen LogP contribution in [0.3, 0.4) is 0 Å². The van der Waals surface area contributed by atoms with E-state index in [1.54, 1.807) is 12.2 Å². The van der Waals surface area contributed by atoms with Crippen molar-refractivity contribution in [3.63, 3.8) is 0 Å². The predicted octanol–water partition coefficient (Wildman–Crippen LogP) is 15.0. The van der Waals surface area contributed by atoms with Crippen molar-refractivity contribution in [1.82, 2.24) is 15.2 Å². The monoisotopic (exact) mass is 1290 g/mol. The molecule has 14 nitrogen and oxygen atoms in total. The van der Waals surface area contributed by atoms with Crippen molar-refractivity contribution in [3.8, 4) is 0 Å². The Morgan fingerprint density at radius 1 is 0.584 bits per heavy atom. The van der Waals surface area contributed by atoms with Crippen molar-refractivity contribution in [2.75, 3.05) is 19.0 Å². The molecule has 3 amide bonds. The fourth-order valence-electron chi connectivity index (χ4n) is 8.39. The van der Waals surface area contributed by atoms with Gasteiger partial charge in [-0.15, -0.1) is 15.2 Å². The van der Waals surface area contributed by atoms with Crippen LogP contribution in [0.15, 0.2) is 137 Å². The maximum absolute atomic E-state index is 12.6. The third kappa shape index (κ3) is 22.8. The molecular weight excluding hydrogens is 1230 g/mol. The minimum Gasteiger partial charge on any atom is -0.462 e. The van der Waals surface area contributed by atoms with Crippen LogP contribution in [0.2, 0.25) is 0 Å². The zero-order valence-corrected chi connectivity index (χ0v) is 51.4. The molecule has 0 bridgehead atoms. The van der Waals surface area contributed by atoms with Gasteiger partial charge in [-0.1, -0.05) is 202 Å². The number of thiocarbonyl (C=S) groups is 3. The van der Waals surface area contributed by atoms with Crippen LogP contribution in [-0.4, -0.2) is 60.0 Å². The molecule has 9 rings (SSSR count). The number of ether oxygens (including phenoxy) is 1. The topological polar surface area (TPSA) is 129 Å². The number of anilines is 1. The second-order valence-electron chi connectivity index (χ2n) is 18.0. The molecule has 0 N–H and O–H groups in total. The van der Waals surface area contributed by atoms with E-state index in [9.17, 15) is 14.4 Å². The number of benzene rings is 1. The van der Waals surface area contributed by atoms with E-state index in [0.29, 0.717) is 52.3 Å². The number of thioether (sulfide) groups is 3. The Bertz CT molecular complexity index is 2330. The van der Waals surface area contributed by atoms with Gasteiger partial charge in [0, 0.05) is 61.9 Å². The van der Waals surface area contributed by atoms with Crippen molar-refractivity contribution in [3.05, 3.63) is 143 Å². The molecular formula is C55H68FeN4O10RuS6. The molecule has 7 fully saturated rings. The van der Waals surface area contributed by atoms with Crippen LogP contribution in [0.4, 0.5) is 5.69 Å². The van der Waals surface area contributed by atoms with Gasteiger partial charge in [-0.25, -0.2) is 0 Å². The summed E-state index contributed by atoms with van der Waals surface area (Å²) in [7, 11) is 4.02. The molecule has 1 aromatic carbocycles. The second kappa shape index (κ2) is 37.3. The van der Waals surface area contributed by atoms with Crippen LogP contribution in [0.25, 0.3) is 6.08 Å². The maximum Gasteiger partial charge on any atom is 0.294 e. The first-order valence-electron chi connectivity index (χ1n) is 25.2. The predicted molar refractivity (Wildman–Crippen MR) is 313 cm³/mol. The SMILES string of the molecule is C1CCCC1.C1CCCC1.C=COON1C(=O)/C(=C2/C=C(C)OC(/C=C/C=C/c3ccc(N(C)C)cc3)=C2)SC1=S.C=COON1C(=O)/C(=C\C2CCCC2)SC1=S.C=COON1C(=O)/C(=C\C2CCCC2)SC1=S.[Fe].[Ru]. The minimum absolute atomic E-state index is 0. The van der Waals surface area contributed by atoms with Crippen LogP contribution >= 0.6 is 71.9 Å². The summed E-state index contributed by atoms with van der Waals surface area (Å²) in [5.74, 6) is 1.33. The molecule has 4 saturated carbocycles.